The molecule has 0 fully saturated rings. The van der Waals surface area contributed by atoms with Crippen molar-refractivity contribution in [3.05, 3.63) is 29.8 Å². The molecule has 1 aromatic carbocycles. The third kappa shape index (κ3) is 4.45. The van der Waals surface area contributed by atoms with Crippen LogP contribution in [0.25, 0.3) is 11.4 Å². The lowest BCUT2D eigenvalue weighted by molar-refractivity contribution is 0.590. The van der Waals surface area contributed by atoms with Gasteiger partial charge in [-0.3, -0.25) is 0 Å². The highest BCUT2D eigenvalue weighted by Crippen LogP contribution is 2.21. The summed E-state index contributed by atoms with van der Waals surface area (Å²) >= 11 is 1.34. The Balaban J connectivity index is 2.02. The Bertz CT molecular complexity index is 710. The molecule has 2 aromatic rings. The molecule has 0 saturated carbocycles. The molecule has 9 heteroatoms. The Kier molecular flexibility index (Phi) is 4.86. The lowest BCUT2D eigenvalue weighted by atomic mass is 10.1. The van der Waals surface area contributed by atoms with Gasteiger partial charge in [-0.05, 0) is 6.92 Å². The number of sulfonamides is 1. The van der Waals surface area contributed by atoms with Gasteiger partial charge < -0.3 is 5.84 Å². The molecule has 1 aromatic heterocycles. The molecule has 0 amide bonds. The maximum Gasteiger partial charge on any atom is 0.210 e. The SMILES string of the molecule is Cc1ccc(-c2nnc(SCCNS(C)(=O)=O)n2N)cc1. The Labute approximate surface area is 128 Å². The van der Waals surface area contributed by atoms with Crippen LogP contribution in [-0.2, 0) is 10.0 Å². The lowest BCUT2D eigenvalue weighted by Crippen LogP contribution is -2.24. The fraction of sp³-hybridized carbons (Fsp3) is 0.333. The minimum Gasteiger partial charge on any atom is -0.335 e. The molecule has 0 saturated heterocycles. The fourth-order valence-corrected chi connectivity index (χ4v) is 2.96. The first kappa shape index (κ1) is 15.8. The molecule has 21 heavy (non-hydrogen) atoms. The molecule has 0 aliphatic carbocycles. The van der Waals surface area contributed by atoms with Crippen LogP contribution >= 0.6 is 11.8 Å². The second-order valence-corrected chi connectivity index (χ2v) is 7.45. The summed E-state index contributed by atoms with van der Waals surface area (Å²) in [6.45, 7) is 2.32. The largest absolute Gasteiger partial charge is 0.335 e. The molecule has 7 nitrogen and oxygen atoms in total. The summed E-state index contributed by atoms with van der Waals surface area (Å²) in [5.41, 5.74) is 2.04. The highest BCUT2D eigenvalue weighted by molar-refractivity contribution is 7.99. The summed E-state index contributed by atoms with van der Waals surface area (Å²) in [6, 6.07) is 7.82. The van der Waals surface area contributed by atoms with Crippen molar-refractivity contribution >= 4 is 21.8 Å². The molecule has 0 aliphatic heterocycles. The summed E-state index contributed by atoms with van der Waals surface area (Å²) in [6.07, 6.45) is 1.12. The van der Waals surface area contributed by atoms with Gasteiger partial charge in [0.05, 0.1) is 6.26 Å². The number of aromatic nitrogens is 3. The first-order chi connectivity index (χ1) is 9.87. The van der Waals surface area contributed by atoms with E-state index in [4.69, 9.17) is 5.84 Å². The van der Waals surface area contributed by atoms with E-state index >= 15 is 0 Å². The van der Waals surface area contributed by atoms with Crippen molar-refractivity contribution in [2.45, 2.75) is 12.1 Å². The van der Waals surface area contributed by atoms with E-state index in [2.05, 4.69) is 14.9 Å². The van der Waals surface area contributed by atoms with Gasteiger partial charge in [0, 0.05) is 17.9 Å². The van der Waals surface area contributed by atoms with Gasteiger partial charge in [0.2, 0.25) is 15.2 Å². The van der Waals surface area contributed by atoms with Gasteiger partial charge in [0.15, 0.2) is 5.82 Å². The normalized spacial score (nSPS) is 11.7. The minimum atomic E-state index is -3.17. The second-order valence-electron chi connectivity index (χ2n) is 4.56. The van der Waals surface area contributed by atoms with Gasteiger partial charge in [-0.15, -0.1) is 10.2 Å². The van der Waals surface area contributed by atoms with E-state index < -0.39 is 10.0 Å². The zero-order valence-electron chi connectivity index (χ0n) is 11.8. The molecule has 0 radical (unpaired) electrons. The maximum atomic E-state index is 10.9. The van der Waals surface area contributed by atoms with Crippen molar-refractivity contribution in [3.63, 3.8) is 0 Å². The van der Waals surface area contributed by atoms with Crippen molar-refractivity contribution in [1.82, 2.24) is 19.6 Å². The number of nitrogens with two attached hydrogens (primary N) is 1. The zero-order chi connectivity index (χ0) is 15.5. The number of thioether (sulfide) groups is 1. The van der Waals surface area contributed by atoms with Crippen molar-refractivity contribution < 1.29 is 8.42 Å². The predicted octanol–water partition coefficient (Wildman–Crippen LogP) is 0.609. The van der Waals surface area contributed by atoms with E-state index in [1.807, 2.05) is 31.2 Å². The molecule has 0 unspecified atom stereocenters. The number of nitrogens with zero attached hydrogens (tertiary/aromatic N) is 3. The summed E-state index contributed by atoms with van der Waals surface area (Å²) in [7, 11) is -3.17. The molecule has 114 valence electrons. The average Bonchev–Trinajstić information content (AvgIpc) is 2.76. The first-order valence-electron chi connectivity index (χ1n) is 6.22. The molecule has 1 heterocycles. The Morgan fingerprint density at radius 3 is 2.57 bits per heavy atom. The van der Waals surface area contributed by atoms with Crippen molar-refractivity contribution in [2.75, 3.05) is 24.4 Å². The van der Waals surface area contributed by atoms with E-state index in [0.29, 0.717) is 23.3 Å². The Hall–Kier alpha value is -1.58. The van der Waals surface area contributed by atoms with Crippen LogP contribution in [0.2, 0.25) is 0 Å². The van der Waals surface area contributed by atoms with E-state index in [1.165, 1.54) is 16.4 Å². The van der Waals surface area contributed by atoms with Crippen LogP contribution in [0, 0.1) is 6.92 Å². The number of nitrogens with one attached hydrogen (secondary N) is 1. The highest BCUT2D eigenvalue weighted by atomic mass is 32.2. The van der Waals surface area contributed by atoms with Crippen LogP contribution in [0.1, 0.15) is 5.56 Å². The highest BCUT2D eigenvalue weighted by Gasteiger charge is 2.12. The van der Waals surface area contributed by atoms with E-state index in [1.54, 1.807) is 0 Å². The van der Waals surface area contributed by atoms with Crippen LogP contribution in [0.15, 0.2) is 29.4 Å². The van der Waals surface area contributed by atoms with E-state index in [0.717, 1.165) is 17.4 Å². The van der Waals surface area contributed by atoms with Crippen molar-refractivity contribution in [1.29, 1.82) is 0 Å². The second kappa shape index (κ2) is 6.46. The predicted molar refractivity (Wildman–Crippen MR) is 83.9 cm³/mol. The number of benzene rings is 1. The van der Waals surface area contributed by atoms with Crippen LogP contribution in [0.4, 0.5) is 0 Å². The molecule has 0 aliphatic rings. The zero-order valence-corrected chi connectivity index (χ0v) is 13.4. The molecular formula is C12H17N5O2S2. The van der Waals surface area contributed by atoms with Crippen LogP contribution < -0.4 is 10.6 Å². The Morgan fingerprint density at radius 1 is 1.29 bits per heavy atom. The minimum absolute atomic E-state index is 0.316. The number of hydrogen-bond acceptors (Lipinski definition) is 6. The smallest absolute Gasteiger partial charge is 0.210 e. The summed E-state index contributed by atoms with van der Waals surface area (Å²) < 4.78 is 25.7. The van der Waals surface area contributed by atoms with Gasteiger partial charge in [0.1, 0.15) is 0 Å². The number of hydrogen-bond donors (Lipinski definition) is 2. The topological polar surface area (TPSA) is 103 Å². The van der Waals surface area contributed by atoms with E-state index in [-0.39, 0.29) is 0 Å². The van der Waals surface area contributed by atoms with Crippen LogP contribution in [0.5, 0.6) is 0 Å². The molecule has 2 rings (SSSR count). The van der Waals surface area contributed by atoms with Gasteiger partial charge in [-0.25, -0.2) is 17.8 Å². The van der Waals surface area contributed by atoms with Gasteiger partial charge in [0.25, 0.3) is 0 Å². The standard InChI is InChI=1S/C12H17N5O2S2/c1-9-3-5-10(6-4-9)11-15-16-12(17(11)13)20-8-7-14-21(2,18)19/h3-6,14H,7-8,13H2,1-2H3. The summed E-state index contributed by atoms with van der Waals surface area (Å²) in [4.78, 5) is 0. The van der Waals surface area contributed by atoms with Crippen LogP contribution in [0.3, 0.4) is 0 Å². The number of aryl methyl sites for hydroxylation is 1. The van der Waals surface area contributed by atoms with Crippen molar-refractivity contribution in [2.24, 2.45) is 0 Å². The molecule has 3 N–H and O–H groups in total. The lowest BCUT2D eigenvalue weighted by Gasteiger charge is -2.04. The van der Waals surface area contributed by atoms with Gasteiger partial charge in [-0.2, -0.15) is 0 Å². The maximum absolute atomic E-state index is 10.9. The number of nitrogen functional groups attached to an aromatic ring is 1. The summed E-state index contributed by atoms with van der Waals surface area (Å²) in [5, 5.41) is 8.64. The fourth-order valence-electron chi connectivity index (χ4n) is 1.64. The van der Waals surface area contributed by atoms with E-state index in [9.17, 15) is 8.42 Å². The van der Waals surface area contributed by atoms with Crippen molar-refractivity contribution in [3.8, 4) is 11.4 Å². The average molecular weight is 327 g/mol. The first-order valence-corrected chi connectivity index (χ1v) is 9.09. The molecular weight excluding hydrogens is 310 g/mol. The Morgan fingerprint density at radius 2 is 1.95 bits per heavy atom. The molecule has 0 bridgehead atoms. The third-order valence-electron chi connectivity index (χ3n) is 2.67. The summed E-state index contributed by atoms with van der Waals surface area (Å²) in [5.74, 6) is 7.08. The quantitative estimate of drug-likeness (QED) is 0.458. The monoisotopic (exact) mass is 327 g/mol. The van der Waals surface area contributed by atoms with Crippen LogP contribution in [-0.4, -0.2) is 41.8 Å². The molecule has 0 atom stereocenters. The molecule has 0 spiro atoms. The van der Waals surface area contributed by atoms with Gasteiger partial charge >= 0.3 is 0 Å². The number of rotatable bonds is 6. The third-order valence-corrected chi connectivity index (χ3v) is 4.35. The van der Waals surface area contributed by atoms with Gasteiger partial charge in [-0.1, -0.05) is 41.6 Å².